The van der Waals surface area contributed by atoms with Crippen molar-refractivity contribution in [2.75, 3.05) is 19.0 Å². The first-order valence-electron chi connectivity index (χ1n) is 8.12. The molecule has 1 aromatic heterocycles. The zero-order valence-corrected chi connectivity index (χ0v) is 17.0. The van der Waals surface area contributed by atoms with Gasteiger partial charge in [0.05, 0.1) is 12.1 Å². The fraction of sp³-hybridized carbons (Fsp3) is 0.100. The van der Waals surface area contributed by atoms with Crippen molar-refractivity contribution in [2.24, 2.45) is 0 Å². The summed E-state index contributed by atoms with van der Waals surface area (Å²) < 4.78 is 10.3. The topological polar surface area (TPSA) is 64.6 Å². The Morgan fingerprint density at radius 1 is 1.07 bits per heavy atom. The highest BCUT2D eigenvalue weighted by atomic mass is 35.5. The van der Waals surface area contributed by atoms with E-state index in [1.807, 2.05) is 0 Å². The second-order valence-corrected chi connectivity index (χ2v) is 7.34. The Hall–Kier alpha value is -2.54. The van der Waals surface area contributed by atoms with E-state index in [-0.39, 0.29) is 12.2 Å². The van der Waals surface area contributed by atoms with Crippen molar-refractivity contribution in [3.8, 4) is 16.9 Å². The molecule has 0 atom stereocenters. The molecule has 0 bridgehead atoms. The Morgan fingerprint density at radius 2 is 1.79 bits per heavy atom. The molecule has 0 aliphatic rings. The summed E-state index contributed by atoms with van der Waals surface area (Å²) in [5.41, 5.74) is 1.71. The quantitative estimate of drug-likeness (QED) is 0.517. The first-order chi connectivity index (χ1) is 13.5. The number of rotatable bonds is 6. The van der Waals surface area contributed by atoms with Crippen LogP contribution in [-0.2, 0) is 9.53 Å². The maximum Gasteiger partial charge on any atom is 0.341 e. The van der Waals surface area contributed by atoms with Gasteiger partial charge < -0.3 is 14.8 Å². The highest BCUT2D eigenvalue weighted by molar-refractivity contribution is 7.15. The van der Waals surface area contributed by atoms with E-state index in [0.29, 0.717) is 26.4 Å². The average molecular weight is 436 g/mol. The van der Waals surface area contributed by atoms with E-state index in [4.69, 9.17) is 32.7 Å². The Labute approximate surface area is 175 Å². The summed E-state index contributed by atoms with van der Waals surface area (Å²) in [7, 11) is 1.29. The first kappa shape index (κ1) is 20.2. The van der Waals surface area contributed by atoms with E-state index in [2.05, 4.69) is 5.32 Å². The van der Waals surface area contributed by atoms with E-state index in [9.17, 15) is 9.59 Å². The zero-order valence-electron chi connectivity index (χ0n) is 14.7. The molecular weight excluding hydrogens is 421 g/mol. The van der Waals surface area contributed by atoms with Gasteiger partial charge in [-0.25, -0.2) is 4.79 Å². The van der Waals surface area contributed by atoms with Gasteiger partial charge in [0.25, 0.3) is 5.91 Å². The third kappa shape index (κ3) is 4.65. The molecule has 8 heteroatoms. The summed E-state index contributed by atoms with van der Waals surface area (Å²) in [5, 5.41) is 5.85. The molecule has 0 saturated carbocycles. The van der Waals surface area contributed by atoms with Gasteiger partial charge in [-0.2, -0.15) is 0 Å². The molecule has 0 unspecified atom stereocenters. The van der Waals surface area contributed by atoms with Crippen molar-refractivity contribution in [3.05, 3.63) is 69.5 Å². The number of esters is 1. The molecule has 0 fully saturated rings. The van der Waals surface area contributed by atoms with Crippen LogP contribution in [0.5, 0.6) is 5.75 Å². The number of hydrogen-bond acceptors (Lipinski definition) is 5. The molecule has 0 aliphatic heterocycles. The number of methoxy groups -OCH3 is 1. The maximum absolute atomic E-state index is 12.3. The number of nitrogens with one attached hydrogen (secondary N) is 1. The van der Waals surface area contributed by atoms with Crippen molar-refractivity contribution in [2.45, 2.75) is 0 Å². The fourth-order valence-corrected chi connectivity index (χ4v) is 3.75. The average Bonchev–Trinajstić information content (AvgIpc) is 3.10. The SMILES string of the molecule is COC(=O)c1c(-c2ccc(Cl)cc2)csc1NC(=O)COc1ccccc1Cl. The predicted molar refractivity (Wildman–Crippen MR) is 112 cm³/mol. The lowest BCUT2D eigenvalue weighted by molar-refractivity contribution is -0.118. The van der Waals surface area contributed by atoms with Crippen LogP contribution < -0.4 is 10.1 Å². The molecule has 3 aromatic rings. The second-order valence-electron chi connectivity index (χ2n) is 5.62. The minimum atomic E-state index is -0.548. The third-order valence-electron chi connectivity index (χ3n) is 3.78. The van der Waals surface area contributed by atoms with Crippen molar-refractivity contribution in [1.82, 2.24) is 0 Å². The lowest BCUT2D eigenvalue weighted by atomic mass is 10.0. The van der Waals surface area contributed by atoms with Crippen molar-refractivity contribution >= 4 is 51.4 Å². The van der Waals surface area contributed by atoms with Gasteiger partial charge in [0.2, 0.25) is 0 Å². The van der Waals surface area contributed by atoms with Gasteiger partial charge in [0, 0.05) is 16.0 Å². The number of benzene rings is 2. The van der Waals surface area contributed by atoms with Gasteiger partial charge in [-0.1, -0.05) is 47.5 Å². The third-order valence-corrected chi connectivity index (χ3v) is 5.24. The molecule has 0 radical (unpaired) electrons. The van der Waals surface area contributed by atoms with Crippen LogP contribution in [0.2, 0.25) is 10.0 Å². The van der Waals surface area contributed by atoms with Gasteiger partial charge >= 0.3 is 5.97 Å². The molecule has 2 aromatic carbocycles. The standard InChI is InChI=1S/C20H15Cl2NO4S/c1-26-20(25)18-14(12-6-8-13(21)9-7-12)11-28-19(18)23-17(24)10-27-16-5-3-2-4-15(16)22/h2-9,11H,10H2,1H3,(H,23,24). The van der Waals surface area contributed by atoms with Crippen LogP contribution in [0.15, 0.2) is 53.9 Å². The van der Waals surface area contributed by atoms with Gasteiger partial charge in [-0.15, -0.1) is 11.3 Å². The maximum atomic E-state index is 12.3. The molecule has 0 saturated heterocycles. The zero-order chi connectivity index (χ0) is 20.1. The van der Waals surface area contributed by atoms with Crippen molar-refractivity contribution in [1.29, 1.82) is 0 Å². The molecule has 0 aliphatic carbocycles. The summed E-state index contributed by atoms with van der Waals surface area (Å²) in [6.45, 7) is -0.251. The lowest BCUT2D eigenvalue weighted by Gasteiger charge is -2.09. The smallest absolute Gasteiger partial charge is 0.341 e. The number of carbonyl (C=O) groups excluding carboxylic acids is 2. The van der Waals surface area contributed by atoms with Gasteiger partial charge in [0.15, 0.2) is 6.61 Å². The highest BCUT2D eigenvalue weighted by Gasteiger charge is 2.22. The van der Waals surface area contributed by atoms with Gasteiger partial charge in [-0.3, -0.25) is 4.79 Å². The van der Waals surface area contributed by atoms with Gasteiger partial charge in [0.1, 0.15) is 16.3 Å². The number of carbonyl (C=O) groups is 2. The van der Waals surface area contributed by atoms with Crippen LogP contribution in [0.25, 0.3) is 11.1 Å². The molecular formula is C20H15Cl2NO4S. The summed E-state index contributed by atoms with van der Waals surface area (Å²) in [6, 6.07) is 13.9. The number of thiophene rings is 1. The van der Waals surface area contributed by atoms with Crippen LogP contribution in [0.3, 0.4) is 0 Å². The largest absolute Gasteiger partial charge is 0.482 e. The minimum absolute atomic E-state index is 0.251. The molecule has 1 heterocycles. The Balaban J connectivity index is 1.79. The van der Waals surface area contributed by atoms with E-state index in [1.54, 1.807) is 53.9 Å². The molecule has 3 rings (SSSR count). The number of amides is 1. The molecule has 144 valence electrons. The number of hydrogen-bond donors (Lipinski definition) is 1. The first-order valence-corrected chi connectivity index (χ1v) is 9.76. The number of ether oxygens (including phenoxy) is 2. The van der Waals surface area contributed by atoms with Crippen LogP contribution in [0, 0.1) is 0 Å². The van der Waals surface area contributed by atoms with Crippen LogP contribution in [-0.4, -0.2) is 25.6 Å². The molecule has 28 heavy (non-hydrogen) atoms. The summed E-state index contributed by atoms with van der Waals surface area (Å²) in [4.78, 5) is 24.6. The number of anilines is 1. The fourth-order valence-electron chi connectivity index (χ4n) is 2.46. The van der Waals surface area contributed by atoms with E-state index < -0.39 is 11.9 Å². The minimum Gasteiger partial charge on any atom is -0.482 e. The summed E-state index contributed by atoms with van der Waals surface area (Å²) in [5.74, 6) is -0.566. The van der Waals surface area contributed by atoms with Crippen molar-refractivity contribution in [3.63, 3.8) is 0 Å². The van der Waals surface area contributed by atoms with E-state index in [0.717, 1.165) is 5.56 Å². The van der Waals surface area contributed by atoms with E-state index in [1.165, 1.54) is 18.4 Å². The summed E-state index contributed by atoms with van der Waals surface area (Å²) >= 11 is 13.2. The number of para-hydroxylation sites is 1. The molecule has 0 spiro atoms. The Morgan fingerprint density at radius 3 is 2.46 bits per heavy atom. The lowest BCUT2D eigenvalue weighted by Crippen LogP contribution is -2.21. The molecule has 5 nitrogen and oxygen atoms in total. The second kappa shape index (κ2) is 9.10. The van der Waals surface area contributed by atoms with Crippen LogP contribution in [0.4, 0.5) is 5.00 Å². The molecule has 1 N–H and O–H groups in total. The summed E-state index contributed by atoms with van der Waals surface area (Å²) in [6.07, 6.45) is 0. The van der Waals surface area contributed by atoms with Crippen LogP contribution in [0.1, 0.15) is 10.4 Å². The van der Waals surface area contributed by atoms with E-state index >= 15 is 0 Å². The highest BCUT2D eigenvalue weighted by Crippen LogP contribution is 2.36. The Bertz CT molecular complexity index is 1000. The van der Waals surface area contributed by atoms with Gasteiger partial charge in [-0.05, 0) is 29.8 Å². The van der Waals surface area contributed by atoms with Crippen LogP contribution >= 0.6 is 34.5 Å². The normalized spacial score (nSPS) is 10.4. The Kier molecular flexibility index (Phi) is 6.57. The number of halogens is 2. The molecule has 1 amide bonds. The monoisotopic (exact) mass is 435 g/mol. The predicted octanol–water partition coefficient (Wildman–Crippen LogP) is 5.53. The van der Waals surface area contributed by atoms with Crippen molar-refractivity contribution < 1.29 is 19.1 Å².